The van der Waals surface area contributed by atoms with Crippen LogP contribution in [0.15, 0.2) is 18.2 Å². The van der Waals surface area contributed by atoms with Crippen LogP contribution in [0.2, 0.25) is 0 Å². The smallest absolute Gasteiger partial charge is 0.335 e. The van der Waals surface area contributed by atoms with E-state index in [-0.39, 0.29) is 18.4 Å². The normalized spacial score (nSPS) is 15.4. The molecule has 1 heterocycles. The second-order valence-corrected chi connectivity index (χ2v) is 5.11. The fraction of sp³-hybridized carbons (Fsp3) is 0.467. The molecule has 114 valence electrons. The summed E-state index contributed by atoms with van der Waals surface area (Å²) in [5.74, 6) is -0.937. The van der Waals surface area contributed by atoms with Crippen molar-refractivity contribution >= 4 is 11.9 Å². The molecule has 1 aromatic rings. The van der Waals surface area contributed by atoms with Crippen LogP contribution in [-0.4, -0.2) is 48.2 Å². The van der Waals surface area contributed by atoms with Crippen molar-refractivity contribution in [3.05, 3.63) is 34.9 Å². The number of methoxy groups -OCH3 is 1. The number of benzene rings is 1. The lowest BCUT2D eigenvalue weighted by molar-refractivity contribution is -0.134. The second kappa shape index (κ2) is 6.69. The van der Waals surface area contributed by atoms with Crippen molar-refractivity contribution in [2.75, 3.05) is 20.2 Å². The average molecular weight is 292 g/mol. The number of hydrogen-bond donors (Lipinski definition) is 2. The van der Waals surface area contributed by atoms with Gasteiger partial charge in [-0.25, -0.2) is 4.79 Å². The molecule has 1 aliphatic rings. The molecule has 0 saturated carbocycles. The highest BCUT2D eigenvalue weighted by molar-refractivity contribution is 5.90. The first-order chi connectivity index (χ1) is 10.1. The molecule has 6 heteroatoms. The molecule has 1 atom stereocenters. The molecule has 1 amide bonds. The Morgan fingerprint density at radius 2 is 2.24 bits per heavy atom. The van der Waals surface area contributed by atoms with Gasteiger partial charge < -0.3 is 20.5 Å². The lowest BCUT2D eigenvalue weighted by Gasteiger charge is -2.30. The maximum absolute atomic E-state index is 12.2. The van der Waals surface area contributed by atoms with E-state index in [9.17, 15) is 14.7 Å². The largest absolute Gasteiger partial charge is 0.478 e. The molecule has 21 heavy (non-hydrogen) atoms. The molecular weight excluding hydrogens is 272 g/mol. The molecule has 0 radical (unpaired) electrons. The summed E-state index contributed by atoms with van der Waals surface area (Å²) in [4.78, 5) is 25.2. The van der Waals surface area contributed by atoms with Gasteiger partial charge in [-0.2, -0.15) is 0 Å². The van der Waals surface area contributed by atoms with Crippen molar-refractivity contribution in [3.8, 4) is 0 Å². The number of carboxylic acids is 1. The van der Waals surface area contributed by atoms with Crippen molar-refractivity contribution in [3.63, 3.8) is 0 Å². The number of carbonyl (C=O) groups is 2. The van der Waals surface area contributed by atoms with Crippen molar-refractivity contribution in [2.24, 2.45) is 5.73 Å². The first-order valence-corrected chi connectivity index (χ1v) is 6.91. The molecule has 0 aliphatic carbocycles. The lowest BCUT2D eigenvalue weighted by atomic mass is 9.94. The van der Waals surface area contributed by atoms with Gasteiger partial charge in [-0.15, -0.1) is 0 Å². The molecule has 2 rings (SSSR count). The van der Waals surface area contributed by atoms with Crippen molar-refractivity contribution < 1.29 is 19.4 Å². The summed E-state index contributed by atoms with van der Waals surface area (Å²) in [5, 5.41) is 9.19. The van der Waals surface area contributed by atoms with E-state index in [0.29, 0.717) is 31.6 Å². The number of carboxylic acid groups (broad SMARTS) is 1. The number of nitrogens with two attached hydrogens (primary N) is 1. The average Bonchev–Trinajstić information content (AvgIpc) is 2.50. The number of ether oxygens (including phenoxy) is 1. The molecule has 0 bridgehead atoms. The van der Waals surface area contributed by atoms with Crippen LogP contribution < -0.4 is 5.73 Å². The predicted octanol–water partition coefficient (Wildman–Crippen LogP) is 0.633. The number of amides is 1. The Morgan fingerprint density at radius 1 is 1.48 bits per heavy atom. The van der Waals surface area contributed by atoms with Crippen LogP contribution in [0.4, 0.5) is 0 Å². The lowest BCUT2D eigenvalue weighted by Crippen LogP contribution is -2.39. The third-order valence-electron chi connectivity index (χ3n) is 3.85. The van der Waals surface area contributed by atoms with Crippen molar-refractivity contribution in [1.82, 2.24) is 4.90 Å². The first-order valence-electron chi connectivity index (χ1n) is 6.91. The van der Waals surface area contributed by atoms with Crippen LogP contribution in [0.5, 0.6) is 0 Å². The number of nitrogens with zero attached hydrogens (tertiary/aromatic N) is 1. The number of fused-ring (bicyclic) bond motifs is 1. The molecule has 1 aliphatic heterocycles. The highest BCUT2D eigenvalue weighted by Crippen LogP contribution is 2.23. The summed E-state index contributed by atoms with van der Waals surface area (Å²) < 4.78 is 5.13. The van der Waals surface area contributed by atoms with Crippen LogP contribution in [0, 0.1) is 0 Å². The van der Waals surface area contributed by atoms with Gasteiger partial charge in [0.25, 0.3) is 0 Å². The van der Waals surface area contributed by atoms with E-state index in [4.69, 9.17) is 10.5 Å². The van der Waals surface area contributed by atoms with Gasteiger partial charge in [0, 0.05) is 26.7 Å². The molecule has 1 aromatic carbocycles. The Kier molecular flexibility index (Phi) is 4.93. The molecule has 1 unspecified atom stereocenters. The highest BCUT2D eigenvalue weighted by Gasteiger charge is 2.25. The standard InChI is InChI=1S/C15H20N2O4/c1-21-11(8-16)7-14(18)17-6-5-12-10(9-17)3-2-4-13(12)15(19)20/h2-4,11H,5-9,16H2,1H3,(H,19,20). The summed E-state index contributed by atoms with van der Waals surface area (Å²) in [6, 6.07) is 5.19. The maximum atomic E-state index is 12.2. The van der Waals surface area contributed by atoms with E-state index in [1.54, 1.807) is 17.0 Å². The van der Waals surface area contributed by atoms with Crippen LogP contribution in [0.1, 0.15) is 27.9 Å². The Morgan fingerprint density at radius 3 is 2.86 bits per heavy atom. The monoisotopic (exact) mass is 292 g/mol. The van der Waals surface area contributed by atoms with Gasteiger partial charge >= 0.3 is 5.97 Å². The van der Waals surface area contributed by atoms with Crippen LogP contribution in [-0.2, 0) is 22.5 Å². The Labute approximate surface area is 123 Å². The quantitative estimate of drug-likeness (QED) is 0.830. The van der Waals surface area contributed by atoms with E-state index in [1.807, 2.05) is 6.07 Å². The van der Waals surface area contributed by atoms with Crippen molar-refractivity contribution in [1.29, 1.82) is 0 Å². The Balaban J connectivity index is 2.11. The minimum Gasteiger partial charge on any atom is -0.478 e. The summed E-state index contributed by atoms with van der Waals surface area (Å²) in [6.07, 6.45) is 0.536. The molecule has 0 spiro atoms. The van der Waals surface area contributed by atoms with Gasteiger partial charge in [-0.3, -0.25) is 4.79 Å². The highest BCUT2D eigenvalue weighted by atomic mass is 16.5. The summed E-state index contributed by atoms with van der Waals surface area (Å²) in [7, 11) is 1.54. The van der Waals surface area contributed by atoms with Gasteiger partial charge in [0.15, 0.2) is 0 Å². The molecule has 0 fully saturated rings. The minimum absolute atomic E-state index is 0.0151. The summed E-state index contributed by atoms with van der Waals surface area (Å²) in [6.45, 7) is 1.27. The Bertz CT molecular complexity index is 540. The zero-order valence-electron chi connectivity index (χ0n) is 12.0. The zero-order chi connectivity index (χ0) is 15.4. The van der Waals surface area contributed by atoms with Gasteiger partial charge in [0.05, 0.1) is 18.1 Å². The van der Waals surface area contributed by atoms with E-state index < -0.39 is 5.97 Å². The van der Waals surface area contributed by atoms with E-state index >= 15 is 0 Å². The van der Waals surface area contributed by atoms with Gasteiger partial charge in [-0.05, 0) is 23.6 Å². The van der Waals surface area contributed by atoms with Crippen LogP contribution in [0.25, 0.3) is 0 Å². The molecule has 0 aromatic heterocycles. The van der Waals surface area contributed by atoms with Crippen LogP contribution >= 0.6 is 0 Å². The number of hydrogen-bond acceptors (Lipinski definition) is 4. The zero-order valence-corrected chi connectivity index (χ0v) is 12.0. The number of rotatable bonds is 5. The second-order valence-electron chi connectivity index (χ2n) is 5.11. The maximum Gasteiger partial charge on any atom is 0.335 e. The van der Waals surface area contributed by atoms with Crippen LogP contribution in [0.3, 0.4) is 0 Å². The van der Waals surface area contributed by atoms with E-state index in [2.05, 4.69) is 0 Å². The third kappa shape index (κ3) is 3.40. The molecule has 6 nitrogen and oxygen atoms in total. The predicted molar refractivity (Wildman–Crippen MR) is 77.0 cm³/mol. The fourth-order valence-corrected chi connectivity index (χ4v) is 2.61. The third-order valence-corrected chi connectivity index (χ3v) is 3.85. The minimum atomic E-state index is -0.922. The first kappa shape index (κ1) is 15.5. The number of aromatic carboxylic acids is 1. The van der Waals surface area contributed by atoms with Gasteiger partial charge in [0.1, 0.15) is 0 Å². The van der Waals surface area contributed by atoms with Crippen molar-refractivity contribution in [2.45, 2.75) is 25.5 Å². The Hall–Kier alpha value is -1.92. The SMILES string of the molecule is COC(CN)CC(=O)N1CCc2c(cccc2C(=O)O)C1. The fourth-order valence-electron chi connectivity index (χ4n) is 2.61. The molecular formula is C15H20N2O4. The summed E-state index contributed by atoms with van der Waals surface area (Å²) in [5.41, 5.74) is 7.59. The summed E-state index contributed by atoms with van der Waals surface area (Å²) >= 11 is 0. The topological polar surface area (TPSA) is 92.9 Å². The van der Waals surface area contributed by atoms with E-state index in [1.165, 1.54) is 7.11 Å². The van der Waals surface area contributed by atoms with E-state index in [0.717, 1.165) is 11.1 Å². The van der Waals surface area contributed by atoms with Gasteiger partial charge in [0.2, 0.25) is 5.91 Å². The molecule has 0 saturated heterocycles. The molecule has 3 N–H and O–H groups in total. The number of carbonyl (C=O) groups excluding carboxylic acids is 1. The van der Waals surface area contributed by atoms with Gasteiger partial charge in [-0.1, -0.05) is 12.1 Å².